The zero-order chi connectivity index (χ0) is 9.00. The second-order valence-corrected chi connectivity index (χ2v) is 4.23. The molecule has 0 aromatic heterocycles. The lowest BCUT2D eigenvalue weighted by molar-refractivity contribution is -0.107. The maximum Gasteiger partial charge on any atom is 0.127 e. The zero-order valence-corrected chi connectivity index (χ0v) is 7.26. The molecule has 0 radical (unpaired) electrons. The van der Waals surface area contributed by atoms with Gasteiger partial charge in [0.1, 0.15) is 6.04 Å². The Labute approximate surface area is 76.7 Å². The van der Waals surface area contributed by atoms with E-state index in [1.807, 2.05) is 0 Å². The van der Waals surface area contributed by atoms with Crippen LogP contribution in [0.15, 0.2) is 0 Å². The number of nitrogens with zero attached hydrogens (tertiary/aromatic N) is 2. The predicted molar refractivity (Wildman–Crippen MR) is 42.8 cm³/mol. The molecule has 0 spiro atoms. The van der Waals surface area contributed by atoms with Gasteiger partial charge in [-0.1, -0.05) is 0 Å². The lowest BCUT2D eigenvalue weighted by atomic mass is 9.79. The van der Waals surface area contributed by atoms with Gasteiger partial charge in [-0.2, -0.15) is 10.3 Å². The Kier molecular flexibility index (Phi) is 1.46. The van der Waals surface area contributed by atoms with Crippen LogP contribution in [-0.2, 0) is 4.74 Å². The first kappa shape index (κ1) is 7.74. The quantitative estimate of drug-likeness (QED) is 0.585. The molecule has 3 aliphatic rings. The third-order valence-electron chi connectivity index (χ3n) is 3.70. The topological polar surface area (TPSA) is 56.5 Å². The first-order valence-electron chi connectivity index (χ1n) is 4.82. The third-order valence-corrected chi connectivity index (χ3v) is 3.70. The van der Waals surface area contributed by atoms with Crippen molar-refractivity contribution in [3.63, 3.8) is 0 Å². The molecule has 3 fully saturated rings. The first-order chi connectivity index (χ1) is 6.31. The van der Waals surface area contributed by atoms with Crippen molar-refractivity contribution in [3.8, 4) is 6.07 Å². The normalized spacial score (nSPS) is 53.7. The summed E-state index contributed by atoms with van der Waals surface area (Å²) in [4.78, 5) is 0. The van der Waals surface area contributed by atoms with Crippen molar-refractivity contribution < 1.29 is 9.94 Å². The number of hydroxylamine groups is 2. The SMILES string of the molecule is N#C[C@@H]1[C@@H]2[C@H](CN1O)[C@H]1CC[C@@H]2O1. The van der Waals surface area contributed by atoms with Crippen molar-refractivity contribution in [2.24, 2.45) is 11.8 Å². The summed E-state index contributed by atoms with van der Waals surface area (Å²) >= 11 is 0. The van der Waals surface area contributed by atoms with Crippen LogP contribution in [0.5, 0.6) is 0 Å². The van der Waals surface area contributed by atoms with Gasteiger partial charge in [-0.15, -0.1) is 0 Å². The molecular weight excluding hydrogens is 168 g/mol. The van der Waals surface area contributed by atoms with E-state index >= 15 is 0 Å². The minimum absolute atomic E-state index is 0.233. The largest absolute Gasteiger partial charge is 0.374 e. The highest BCUT2D eigenvalue weighted by Crippen LogP contribution is 2.49. The number of hydrogen-bond donors (Lipinski definition) is 1. The van der Waals surface area contributed by atoms with Crippen LogP contribution in [0.1, 0.15) is 12.8 Å². The summed E-state index contributed by atoms with van der Waals surface area (Å²) in [6, 6.07) is 1.83. The van der Waals surface area contributed by atoms with E-state index in [4.69, 9.17) is 10.00 Å². The van der Waals surface area contributed by atoms with Crippen LogP contribution in [0.25, 0.3) is 0 Å². The Balaban J connectivity index is 1.92. The fourth-order valence-corrected chi connectivity index (χ4v) is 3.17. The molecule has 70 valence electrons. The zero-order valence-electron chi connectivity index (χ0n) is 7.26. The lowest BCUT2D eigenvalue weighted by Gasteiger charge is -2.21. The molecule has 13 heavy (non-hydrogen) atoms. The molecule has 2 bridgehead atoms. The molecular formula is C9H12N2O2. The van der Waals surface area contributed by atoms with E-state index in [2.05, 4.69) is 6.07 Å². The van der Waals surface area contributed by atoms with Gasteiger partial charge in [-0.3, -0.25) is 0 Å². The molecule has 0 unspecified atom stereocenters. The molecule has 3 saturated heterocycles. The minimum Gasteiger partial charge on any atom is -0.374 e. The Morgan fingerprint density at radius 1 is 1.38 bits per heavy atom. The Morgan fingerprint density at radius 2 is 2.15 bits per heavy atom. The molecule has 0 aromatic rings. The van der Waals surface area contributed by atoms with Crippen LogP contribution < -0.4 is 0 Å². The summed E-state index contributed by atoms with van der Waals surface area (Å²) in [6.45, 7) is 0.615. The van der Waals surface area contributed by atoms with E-state index < -0.39 is 0 Å². The number of ether oxygens (including phenoxy) is 1. The standard InChI is InChI=1S/C9H12N2O2/c10-3-6-9-5(4-11(6)12)7-1-2-8(9)13-7/h5-9,12H,1-2,4H2/t5-,6-,7-,8+,9+/m1/s1. The number of hydrogen-bond acceptors (Lipinski definition) is 4. The fourth-order valence-electron chi connectivity index (χ4n) is 3.17. The minimum atomic E-state index is -0.333. The van der Waals surface area contributed by atoms with E-state index in [0.717, 1.165) is 12.8 Å². The molecule has 3 aliphatic heterocycles. The van der Waals surface area contributed by atoms with Crippen LogP contribution in [0.3, 0.4) is 0 Å². The Bertz CT molecular complexity index is 275. The molecule has 4 heteroatoms. The van der Waals surface area contributed by atoms with Crippen molar-refractivity contribution in [2.75, 3.05) is 6.54 Å². The predicted octanol–water partition coefficient (Wildman–Crippen LogP) is 0.377. The van der Waals surface area contributed by atoms with Crippen molar-refractivity contribution >= 4 is 0 Å². The van der Waals surface area contributed by atoms with E-state index in [1.54, 1.807) is 0 Å². The molecule has 0 aromatic carbocycles. The lowest BCUT2D eigenvalue weighted by Crippen LogP contribution is -2.33. The first-order valence-corrected chi connectivity index (χ1v) is 4.82. The smallest absolute Gasteiger partial charge is 0.127 e. The average molecular weight is 180 g/mol. The number of nitriles is 1. The van der Waals surface area contributed by atoms with Crippen LogP contribution in [0, 0.1) is 23.2 Å². The van der Waals surface area contributed by atoms with E-state index in [0.29, 0.717) is 18.6 Å². The molecule has 4 nitrogen and oxygen atoms in total. The number of rotatable bonds is 0. The van der Waals surface area contributed by atoms with Gasteiger partial charge in [-0.25, -0.2) is 0 Å². The second-order valence-electron chi connectivity index (χ2n) is 4.23. The highest BCUT2D eigenvalue weighted by atomic mass is 16.5. The van der Waals surface area contributed by atoms with Crippen LogP contribution in [0.2, 0.25) is 0 Å². The highest BCUT2D eigenvalue weighted by Gasteiger charge is 2.57. The third kappa shape index (κ3) is 0.845. The van der Waals surface area contributed by atoms with Crippen molar-refractivity contribution in [1.82, 2.24) is 5.06 Å². The van der Waals surface area contributed by atoms with Gasteiger partial charge < -0.3 is 9.94 Å². The Morgan fingerprint density at radius 3 is 2.92 bits per heavy atom. The summed E-state index contributed by atoms with van der Waals surface area (Å²) in [5.74, 6) is 0.655. The summed E-state index contributed by atoms with van der Waals surface area (Å²) in [5, 5.41) is 19.6. The fraction of sp³-hybridized carbons (Fsp3) is 0.889. The monoisotopic (exact) mass is 180 g/mol. The van der Waals surface area contributed by atoms with Crippen molar-refractivity contribution in [2.45, 2.75) is 31.1 Å². The van der Waals surface area contributed by atoms with Gasteiger partial charge in [0.2, 0.25) is 0 Å². The van der Waals surface area contributed by atoms with Gasteiger partial charge in [0.05, 0.1) is 18.3 Å². The molecule has 0 aliphatic carbocycles. The second kappa shape index (κ2) is 2.44. The number of fused-ring (bicyclic) bond motifs is 5. The van der Waals surface area contributed by atoms with Crippen LogP contribution >= 0.6 is 0 Å². The highest BCUT2D eigenvalue weighted by molar-refractivity contribution is 5.11. The van der Waals surface area contributed by atoms with Gasteiger partial charge >= 0.3 is 0 Å². The van der Waals surface area contributed by atoms with Gasteiger partial charge in [-0.05, 0) is 12.8 Å². The molecule has 0 saturated carbocycles. The molecule has 3 rings (SSSR count). The van der Waals surface area contributed by atoms with Gasteiger partial charge in [0.25, 0.3) is 0 Å². The van der Waals surface area contributed by atoms with E-state index in [1.165, 1.54) is 5.06 Å². The molecule has 0 amide bonds. The van der Waals surface area contributed by atoms with E-state index in [-0.39, 0.29) is 18.1 Å². The maximum atomic E-state index is 9.51. The van der Waals surface area contributed by atoms with Gasteiger partial charge in [0, 0.05) is 18.4 Å². The molecule has 5 atom stereocenters. The molecule has 1 N–H and O–H groups in total. The Hall–Kier alpha value is -0.630. The van der Waals surface area contributed by atoms with Crippen molar-refractivity contribution in [1.29, 1.82) is 5.26 Å². The average Bonchev–Trinajstić information content (AvgIpc) is 2.72. The summed E-state index contributed by atoms with van der Waals surface area (Å²) < 4.78 is 5.73. The van der Waals surface area contributed by atoms with E-state index in [9.17, 15) is 5.21 Å². The van der Waals surface area contributed by atoms with Crippen LogP contribution in [0.4, 0.5) is 0 Å². The van der Waals surface area contributed by atoms with Crippen LogP contribution in [-0.4, -0.2) is 35.1 Å². The summed E-state index contributed by atoms with van der Waals surface area (Å²) in [7, 11) is 0. The summed E-state index contributed by atoms with van der Waals surface area (Å²) in [5.41, 5.74) is 0. The summed E-state index contributed by atoms with van der Waals surface area (Å²) in [6.07, 6.45) is 2.72. The molecule has 3 heterocycles. The van der Waals surface area contributed by atoms with Gasteiger partial charge in [0.15, 0.2) is 0 Å². The van der Waals surface area contributed by atoms with Crippen molar-refractivity contribution in [3.05, 3.63) is 0 Å². The maximum absolute atomic E-state index is 9.51.